The predicted octanol–water partition coefficient (Wildman–Crippen LogP) is 2.58. The SMILES string of the molecule is FCC(F)(F)C(F)CC(F)F. The van der Waals surface area contributed by atoms with Crippen LogP contribution in [0, 0.1) is 0 Å². The topological polar surface area (TPSA) is 0 Å². The highest BCUT2D eigenvalue weighted by Gasteiger charge is 2.41. The van der Waals surface area contributed by atoms with Crippen molar-refractivity contribution in [2.75, 3.05) is 6.67 Å². The molecule has 0 N–H and O–H groups in total. The van der Waals surface area contributed by atoms with Crippen molar-refractivity contribution in [3.63, 3.8) is 0 Å². The van der Waals surface area contributed by atoms with Crippen molar-refractivity contribution in [3.8, 4) is 0 Å². The summed E-state index contributed by atoms with van der Waals surface area (Å²) in [4.78, 5) is 0. The van der Waals surface area contributed by atoms with Crippen LogP contribution in [0.4, 0.5) is 26.3 Å². The van der Waals surface area contributed by atoms with E-state index in [1.54, 1.807) is 0 Å². The number of halogens is 6. The van der Waals surface area contributed by atoms with Gasteiger partial charge in [-0.2, -0.15) is 0 Å². The molecule has 0 aliphatic rings. The van der Waals surface area contributed by atoms with Gasteiger partial charge in [-0.3, -0.25) is 0 Å². The molecule has 0 aromatic heterocycles. The molecule has 0 saturated heterocycles. The Morgan fingerprint density at radius 1 is 1.09 bits per heavy atom. The highest BCUT2D eigenvalue weighted by atomic mass is 19.3. The van der Waals surface area contributed by atoms with Crippen molar-refractivity contribution < 1.29 is 26.3 Å². The van der Waals surface area contributed by atoms with Gasteiger partial charge < -0.3 is 0 Å². The Hall–Kier alpha value is -0.420. The molecule has 1 unspecified atom stereocenters. The molecule has 0 bridgehead atoms. The largest absolute Gasteiger partial charge is 0.306 e. The van der Waals surface area contributed by atoms with E-state index in [0.717, 1.165) is 0 Å². The highest BCUT2D eigenvalue weighted by Crippen LogP contribution is 2.26. The van der Waals surface area contributed by atoms with Gasteiger partial charge in [-0.15, -0.1) is 0 Å². The van der Waals surface area contributed by atoms with E-state index in [0.29, 0.717) is 0 Å². The fraction of sp³-hybridized carbons (Fsp3) is 1.00. The van der Waals surface area contributed by atoms with Gasteiger partial charge in [0.2, 0.25) is 6.43 Å². The molecule has 0 amide bonds. The van der Waals surface area contributed by atoms with Gasteiger partial charge in [0.05, 0.1) is 0 Å². The van der Waals surface area contributed by atoms with E-state index in [9.17, 15) is 26.3 Å². The molecule has 0 aliphatic carbocycles. The molecule has 1 atom stereocenters. The fourth-order valence-electron chi connectivity index (χ4n) is 0.413. The van der Waals surface area contributed by atoms with Gasteiger partial charge in [-0.05, 0) is 0 Å². The first-order valence-corrected chi connectivity index (χ1v) is 2.76. The average Bonchev–Trinajstić information content (AvgIpc) is 1.86. The zero-order chi connectivity index (χ0) is 9.07. The third-order valence-electron chi connectivity index (χ3n) is 1.02. The summed E-state index contributed by atoms with van der Waals surface area (Å²) in [5.41, 5.74) is 0. The van der Waals surface area contributed by atoms with Crippen LogP contribution in [0.3, 0.4) is 0 Å². The monoisotopic (exact) mass is 180 g/mol. The first-order chi connectivity index (χ1) is 4.90. The second-order valence-electron chi connectivity index (χ2n) is 1.99. The Morgan fingerprint density at radius 2 is 1.55 bits per heavy atom. The van der Waals surface area contributed by atoms with E-state index in [4.69, 9.17) is 0 Å². The van der Waals surface area contributed by atoms with E-state index in [2.05, 4.69) is 0 Å². The molecule has 68 valence electrons. The fourth-order valence-corrected chi connectivity index (χ4v) is 0.413. The van der Waals surface area contributed by atoms with Crippen LogP contribution in [0.15, 0.2) is 0 Å². The van der Waals surface area contributed by atoms with Crippen LogP contribution in [0.5, 0.6) is 0 Å². The van der Waals surface area contributed by atoms with Crippen molar-refractivity contribution in [1.29, 1.82) is 0 Å². The maximum absolute atomic E-state index is 12.0. The summed E-state index contributed by atoms with van der Waals surface area (Å²) in [6, 6.07) is 0. The zero-order valence-electron chi connectivity index (χ0n) is 5.34. The molecule has 0 aliphatic heterocycles. The van der Waals surface area contributed by atoms with E-state index >= 15 is 0 Å². The first kappa shape index (κ1) is 10.6. The highest BCUT2D eigenvalue weighted by molar-refractivity contribution is 4.76. The number of rotatable bonds is 4. The lowest BCUT2D eigenvalue weighted by Gasteiger charge is -2.16. The summed E-state index contributed by atoms with van der Waals surface area (Å²) in [5, 5.41) is 0. The van der Waals surface area contributed by atoms with Crippen LogP contribution in [0.2, 0.25) is 0 Å². The Kier molecular flexibility index (Phi) is 3.68. The standard InChI is InChI=1S/C5H6F6/c6-2-5(10,11)3(7)1-4(8)9/h3-4H,1-2H2. The molecule has 0 nitrogen and oxygen atoms in total. The molecule has 11 heavy (non-hydrogen) atoms. The average molecular weight is 180 g/mol. The molecule has 0 heterocycles. The Bertz CT molecular complexity index is 112. The maximum atomic E-state index is 12.0. The van der Waals surface area contributed by atoms with Gasteiger partial charge in [0.25, 0.3) is 0 Å². The van der Waals surface area contributed by atoms with Gasteiger partial charge in [-0.1, -0.05) is 0 Å². The van der Waals surface area contributed by atoms with Crippen molar-refractivity contribution in [2.45, 2.75) is 24.9 Å². The first-order valence-electron chi connectivity index (χ1n) is 2.76. The van der Waals surface area contributed by atoms with Crippen molar-refractivity contribution in [2.24, 2.45) is 0 Å². The smallest absolute Gasteiger partial charge is 0.244 e. The molecule has 0 spiro atoms. The molecule has 0 aromatic rings. The summed E-state index contributed by atoms with van der Waals surface area (Å²) >= 11 is 0. The molecule has 0 rings (SSSR count). The van der Waals surface area contributed by atoms with E-state index in [1.807, 2.05) is 0 Å². The van der Waals surface area contributed by atoms with Gasteiger partial charge in [0, 0.05) is 6.42 Å². The Balaban J connectivity index is 3.90. The maximum Gasteiger partial charge on any atom is 0.306 e. The lowest BCUT2D eigenvalue weighted by molar-refractivity contribution is -0.103. The van der Waals surface area contributed by atoms with Gasteiger partial charge in [0.1, 0.15) is 0 Å². The summed E-state index contributed by atoms with van der Waals surface area (Å²) in [7, 11) is 0. The minimum atomic E-state index is -4.28. The second-order valence-corrected chi connectivity index (χ2v) is 1.99. The van der Waals surface area contributed by atoms with Crippen LogP contribution in [-0.2, 0) is 0 Å². The minimum Gasteiger partial charge on any atom is -0.244 e. The quantitative estimate of drug-likeness (QED) is 0.583. The second kappa shape index (κ2) is 3.82. The van der Waals surface area contributed by atoms with Gasteiger partial charge >= 0.3 is 5.92 Å². The Morgan fingerprint density at radius 3 is 1.82 bits per heavy atom. The van der Waals surface area contributed by atoms with Crippen molar-refractivity contribution in [3.05, 3.63) is 0 Å². The summed E-state index contributed by atoms with van der Waals surface area (Å²) < 4.78 is 69.4. The lowest BCUT2D eigenvalue weighted by atomic mass is 10.2. The summed E-state index contributed by atoms with van der Waals surface area (Å²) in [5.74, 6) is -4.28. The number of alkyl halides is 6. The molecule has 6 heteroatoms. The van der Waals surface area contributed by atoms with Crippen LogP contribution in [0.1, 0.15) is 6.42 Å². The Labute approximate surface area is 59.2 Å². The molecule has 0 fully saturated rings. The molecule has 0 aromatic carbocycles. The van der Waals surface area contributed by atoms with E-state index in [1.165, 1.54) is 0 Å². The van der Waals surface area contributed by atoms with Crippen molar-refractivity contribution >= 4 is 0 Å². The number of hydrogen-bond donors (Lipinski definition) is 0. The number of hydrogen-bond acceptors (Lipinski definition) is 0. The van der Waals surface area contributed by atoms with Gasteiger partial charge in [-0.25, -0.2) is 26.3 Å². The van der Waals surface area contributed by atoms with Crippen LogP contribution in [0.25, 0.3) is 0 Å². The molecule has 0 saturated carbocycles. The zero-order valence-corrected chi connectivity index (χ0v) is 5.34. The van der Waals surface area contributed by atoms with Crippen LogP contribution < -0.4 is 0 Å². The molecular formula is C5H6F6. The molecular weight excluding hydrogens is 174 g/mol. The normalized spacial score (nSPS) is 15.5. The predicted molar refractivity (Wildman–Crippen MR) is 26.4 cm³/mol. The summed E-state index contributed by atoms with van der Waals surface area (Å²) in [6.45, 7) is -2.25. The third-order valence-corrected chi connectivity index (χ3v) is 1.02. The lowest BCUT2D eigenvalue weighted by Crippen LogP contribution is -2.33. The van der Waals surface area contributed by atoms with Gasteiger partial charge in [0.15, 0.2) is 12.8 Å². The van der Waals surface area contributed by atoms with Crippen LogP contribution in [-0.4, -0.2) is 25.2 Å². The molecule has 0 radical (unpaired) electrons. The van der Waals surface area contributed by atoms with Crippen LogP contribution >= 0.6 is 0 Å². The minimum absolute atomic E-state index is 1.63. The van der Waals surface area contributed by atoms with E-state index in [-0.39, 0.29) is 0 Å². The van der Waals surface area contributed by atoms with Crippen molar-refractivity contribution in [1.82, 2.24) is 0 Å². The third kappa shape index (κ3) is 3.48. The van der Waals surface area contributed by atoms with E-state index < -0.39 is 31.6 Å². The summed E-state index contributed by atoms with van der Waals surface area (Å²) in [6.07, 6.45) is -7.91.